The Morgan fingerprint density at radius 2 is 1.82 bits per heavy atom. The van der Waals surface area contributed by atoms with Crippen molar-refractivity contribution < 1.29 is 26.4 Å². The summed E-state index contributed by atoms with van der Waals surface area (Å²) in [7, 11) is -3.34. The van der Waals surface area contributed by atoms with Crippen molar-refractivity contribution in [3.63, 3.8) is 0 Å². The number of nitrogens with one attached hydrogen (secondary N) is 1. The number of halogens is 3. The number of hydrogen-bond donors (Lipinski definition) is 1. The topological polar surface area (TPSA) is 105 Å². The normalized spacial score (nSPS) is 12.7. The highest BCUT2D eigenvalue weighted by Crippen LogP contribution is 2.36. The first-order valence-corrected chi connectivity index (χ1v) is 13.3. The zero-order chi connectivity index (χ0) is 27.7. The second kappa shape index (κ2) is 10.3. The summed E-state index contributed by atoms with van der Waals surface area (Å²) >= 11 is 0. The Kier molecular flexibility index (Phi) is 7.29. The number of rotatable bonds is 7. The highest BCUT2D eigenvalue weighted by atomic mass is 32.2. The molecule has 3 aromatic carbocycles. The summed E-state index contributed by atoms with van der Waals surface area (Å²) in [6.45, 7) is 3.23. The van der Waals surface area contributed by atoms with E-state index in [1.165, 1.54) is 36.4 Å². The molecule has 0 spiro atoms. The summed E-state index contributed by atoms with van der Waals surface area (Å²) in [6.07, 6.45) is -4.75. The number of nitriles is 1. The van der Waals surface area contributed by atoms with E-state index in [1.54, 1.807) is 44.2 Å². The minimum Gasteiger partial charge on any atom is -0.348 e. The van der Waals surface area contributed by atoms with Crippen LogP contribution in [0.1, 0.15) is 52.8 Å². The first kappa shape index (κ1) is 26.9. The maximum atomic E-state index is 13.9. The van der Waals surface area contributed by atoms with Crippen LogP contribution in [0.5, 0.6) is 0 Å². The van der Waals surface area contributed by atoms with Crippen LogP contribution in [-0.4, -0.2) is 29.6 Å². The summed E-state index contributed by atoms with van der Waals surface area (Å²) in [6, 6.07) is 17.8. The molecule has 4 rings (SSSR count). The van der Waals surface area contributed by atoms with Gasteiger partial charge in [0.1, 0.15) is 0 Å². The van der Waals surface area contributed by atoms with Gasteiger partial charge in [0.25, 0.3) is 5.91 Å². The van der Waals surface area contributed by atoms with E-state index < -0.39 is 33.8 Å². The fourth-order valence-corrected chi connectivity index (χ4v) is 5.00. The van der Waals surface area contributed by atoms with E-state index >= 15 is 0 Å². The third-order valence-corrected chi connectivity index (χ3v) is 7.96. The number of fused-ring (bicyclic) bond motifs is 1. The van der Waals surface area contributed by atoms with E-state index in [9.17, 15) is 31.6 Å². The summed E-state index contributed by atoms with van der Waals surface area (Å²) in [5.41, 5.74) is 1.81. The molecule has 196 valence electrons. The van der Waals surface area contributed by atoms with Crippen molar-refractivity contribution in [1.82, 2.24) is 14.9 Å². The molecule has 1 amide bonds. The van der Waals surface area contributed by atoms with Gasteiger partial charge in [-0.3, -0.25) is 4.79 Å². The van der Waals surface area contributed by atoms with Crippen LogP contribution in [0.15, 0.2) is 71.6 Å². The van der Waals surface area contributed by atoms with Crippen molar-refractivity contribution in [2.45, 2.75) is 37.5 Å². The molecule has 0 aliphatic carbocycles. The molecule has 0 saturated heterocycles. The zero-order valence-electron chi connectivity index (χ0n) is 20.5. The van der Waals surface area contributed by atoms with Gasteiger partial charge in [-0.1, -0.05) is 31.2 Å². The standard InChI is InChI=1S/C27H23F3N4O3S/c1-3-38(36,37)22-10-7-18(8-11-22)16-32-25(35)21-9-12-24-23(14-21)33-26(27(28,29)30)34(24)17(2)20-6-4-5-19(13-20)15-31/h4-14,17H,3,16H2,1-2H3,(H,32,35)/t17-/m0/s1. The number of carbonyl (C=O) groups is 1. The van der Waals surface area contributed by atoms with Crippen LogP contribution in [0.3, 0.4) is 0 Å². The Morgan fingerprint density at radius 3 is 2.45 bits per heavy atom. The first-order valence-electron chi connectivity index (χ1n) is 11.6. The van der Waals surface area contributed by atoms with Gasteiger partial charge >= 0.3 is 6.18 Å². The summed E-state index contributed by atoms with van der Waals surface area (Å²) in [4.78, 5) is 16.8. The number of alkyl halides is 3. The summed E-state index contributed by atoms with van der Waals surface area (Å²) < 4.78 is 66.8. The monoisotopic (exact) mass is 540 g/mol. The van der Waals surface area contributed by atoms with Gasteiger partial charge in [0.2, 0.25) is 5.82 Å². The lowest BCUT2D eigenvalue weighted by atomic mass is 10.0. The SMILES string of the molecule is CCS(=O)(=O)c1ccc(CNC(=O)c2ccc3c(c2)nc(C(F)(F)F)n3[C@@H](C)c2cccc(C#N)c2)cc1. The highest BCUT2D eigenvalue weighted by Gasteiger charge is 2.39. The van der Waals surface area contributed by atoms with Gasteiger partial charge in [0.15, 0.2) is 9.84 Å². The molecule has 11 heteroatoms. The van der Waals surface area contributed by atoms with E-state index in [2.05, 4.69) is 10.3 Å². The fraction of sp³-hybridized carbons (Fsp3) is 0.222. The van der Waals surface area contributed by atoms with Gasteiger partial charge in [-0.2, -0.15) is 18.4 Å². The predicted octanol–water partition coefficient (Wildman–Crippen LogP) is 5.26. The molecule has 1 N–H and O–H groups in total. The molecular weight excluding hydrogens is 517 g/mol. The number of nitrogens with zero attached hydrogens (tertiary/aromatic N) is 3. The molecule has 0 unspecified atom stereocenters. The minimum absolute atomic E-state index is 0.00221. The molecule has 1 atom stereocenters. The molecule has 1 aromatic heterocycles. The maximum Gasteiger partial charge on any atom is 0.449 e. The minimum atomic E-state index is -4.75. The Balaban J connectivity index is 1.61. The summed E-state index contributed by atoms with van der Waals surface area (Å²) in [5.74, 6) is -1.65. The van der Waals surface area contributed by atoms with Crippen molar-refractivity contribution >= 4 is 26.8 Å². The third-order valence-electron chi connectivity index (χ3n) is 6.21. The van der Waals surface area contributed by atoms with Crippen LogP contribution in [0.25, 0.3) is 11.0 Å². The Bertz CT molecular complexity index is 1650. The van der Waals surface area contributed by atoms with Crippen molar-refractivity contribution in [3.8, 4) is 6.07 Å². The van der Waals surface area contributed by atoms with E-state index in [0.29, 0.717) is 16.7 Å². The number of benzene rings is 3. The van der Waals surface area contributed by atoms with Gasteiger partial charge in [-0.15, -0.1) is 0 Å². The first-order chi connectivity index (χ1) is 17.9. The zero-order valence-corrected chi connectivity index (χ0v) is 21.3. The van der Waals surface area contributed by atoms with E-state index in [4.69, 9.17) is 0 Å². The second-order valence-corrected chi connectivity index (χ2v) is 10.9. The van der Waals surface area contributed by atoms with Crippen molar-refractivity contribution in [2.24, 2.45) is 0 Å². The third kappa shape index (κ3) is 5.40. The molecular formula is C27H23F3N4O3S. The van der Waals surface area contributed by atoms with Crippen LogP contribution in [0.4, 0.5) is 13.2 Å². The number of carbonyl (C=O) groups excluding carboxylic acids is 1. The molecule has 4 aromatic rings. The Morgan fingerprint density at radius 1 is 1.11 bits per heavy atom. The van der Waals surface area contributed by atoms with Crippen molar-refractivity contribution in [1.29, 1.82) is 5.26 Å². The Labute approximate surface area is 217 Å². The van der Waals surface area contributed by atoms with Gasteiger partial charge < -0.3 is 9.88 Å². The quantitative estimate of drug-likeness (QED) is 0.344. The van der Waals surface area contributed by atoms with Crippen molar-refractivity contribution in [2.75, 3.05) is 5.75 Å². The molecule has 0 aliphatic heterocycles. The molecule has 0 bridgehead atoms. The van der Waals surface area contributed by atoms with Gasteiger partial charge in [0.05, 0.1) is 39.4 Å². The van der Waals surface area contributed by atoms with Crippen molar-refractivity contribution in [3.05, 3.63) is 94.8 Å². The van der Waals surface area contributed by atoms with Crippen LogP contribution in [-0.2, 0) is 22.6 Å². The van der Waals surface area contributed by atoms with Crippen LogP contribution >= 0.6 is 0 Å². The maximum absolute atomic E-state index is 13.9. The number of amides is 1. The van der Waals surface area contributed by atoms with E-state index in [1.807, 2.05) is 6.07 Å². The number of hydrogen-bond acceptors (Lipinski definition) is 5. The fourth-order valence-electron chi connectivity index (χ4n) is 4.11. The number of aromatic nitrogens is 2. The average molecular weight is 541 g/mol. The lowest BCUT2D eigenvalue weighted by Gasteiger charge is -2.19. The predicted molar refractivity (Wildman–Crippen MR) is 135 cm³/mol. The van der Waals surface area contributed by atoms with Gasteiger partial charge in [-0.25, -0.2) is 13.4 Å². The molecule has 0 saturated carbocycles. The Hall–Kier alpha value is -4.17. The molecule has 7 nitrogen and oxygen atoms in total. The highest BCUT2D eigenvalue weighted by molar-refractivity contribution is 7.91. The molecule has 0 radical (unpaired) electrons. The smallest absolute Gasteiger partial charge is 0.348 e. The van der Waals surface area contributed by atoms with Crippen LogP contribution in [0, 0.1) is 11.3 Å². The molecule has 0 fully saturated rings. The van der Waals surface area contributed by atoms with Crippen LogP contribution in [0.2, 0.25) is 0 Å². The van der Waals surface area contributed by atoms with Gasteiger partial charge in [0, 0.05) is 12.1 Å². The number of sulfone groups is 1. The lowest BCUT2D eigenvalue weighted by molar-refractivity contribution is -0.147. The number of imidazole rings is 1. The average Bonchev–Trinajstić information content (AvgIpc) is 3.31. The molecule has 1 heterocycles. The molecule has 38 heavy (non-hydrogen) atoms. The largest absolute Gasteiger partial charge is 0.449 e. The van der Waals surface area contributed by atoms with Gasteiger partial charge in [-0.05, 0) is 60.5 Å². The molecule has 0 aliphatic rings. The van der Waals surface area contributed by atoms with Crippen LogP contribution < -0.4 is 5.32 Å². The lowest BCUT2D eigenvalue weighted by Crippen LogP contribution is -2.22. The second-order valence-electron chi connectivity index (χ2n) is 8.65. The van der Waals surface area contributed by atoms with E-state index in [-0.39, 0.29) is 33.8 Å². The van der Waals surface area contributed by atoms with E-state index in [0.717, 1.165) is 4.57 Å². The summed E-state index contributed by atoms with van der Waals surface area (Å²) in [5, 5.41) is 11.9.